The summed E-state index contributed by atoms with van der Waals surface area (Å²) in [6.07, 6.45) is 3.19. The normalized spacial score (nSPS) is 19.5. The number of nitrogens with one attached hydrogen (secondary N) is 3. The molecule has 2 aliphatic rings. The zero-order valence-electron chi connectivity index (χ0n) is 16.8. The number of hydrogen-bond donors (Lipinski definition) is 3. The Morgan fingerprint density at radius 1 is 1.24 bits per heavy atom. The summed E-state index contributed by atoms with van der Waals surface area (Å²) < 4.78 is 0. The first-order valence-corrected chi connectivity index (χ1v) is 11.0. The molecule has 0 saturated carbocycles. The molecular formula is C20H32Cl2N4O2S. The first-order chi connectivity index (χ1) is 13.1. The van der Waals surface area contributed by atoms with Crippen molar-refractivity contribution in [3.63, 3.8) is 0 Å². The highest BCUT2D eigenvalue weighted by Gasteiger charge is 2.19. The molecule has 164 valence electrons. The molecule has 2 saturated heterocycles. The number of anilines is 2. The first-order valence-electron chi connectivity index (χ1n) is 9.85. The van der Waals surface area contributed by atoms with Gasteiger partial charge in [-0.15, -0.1) is 24.8 Å². The predicted octanol–water partition coefficient (Wildman–Crippen LogP) is 3.06. The highest BCUT2D eigenvalue weighted by atomic mass is 35.5. The summed E-state index contributed by atoms with van der Waals surface area (Å²) in [6, 6.07) is 8.05. The van der Waals surface area contributed by atoms with Gasteiger partial charge >= 0.3 is 0 Å². The van der Waals surface area contributed by atoms with Crippen LogP contribution in [0, 0.1) is 0 Å². The van der Waals surface area contributed by atoms with E-state index < -0.39 is 0 Å². The Morgan fingerprint density at radius 2 is 2.00 bits per heavy atom. The summed E-state index contributed by atoms with van der Waals surface area (Å²) in [5, 5.41) is 9.26. The van der Waals surface area contributed by atoms with Crippen molar-refractivity contribution in [1.82, 2.24) is 10.6 Å². The molecule has 0 spiro atoms. The van der Waals surface area contributed by atoms with Crippen molar-refractivity contribution < 1.29 is 9.59 Å². The van der Waals surface area contributed by atoms with E-state index in [1.54, 1.807) is 0 Å². The largest absolute Gasteiger partial charge is 0.371 e. The lowest BCUT2D eigenvalue weighted by Crippen LogP contribution is -2.43. The fourth-order valence-corrected chi connectivity index (χ4v) is 4.55. The van der Waals surface area contributed by atoms with Gasteiger partial charge in [0.05, 0.1) is 0 Å². The molecule has 2 atom stereocenters. The molecule has 6 nitrogen and oxygen atoms in total. The molecule has 2 unspecified atom stereocenters. The molecule has 0 aromatic heterocycles. The van der Waals surface area contributed by atoms with E-state index in [9.17, 15) is 9.59 Å². The summed E-state index contributed by atoms with van der Waals surface area (Å²) in [5.74, 6) is 2.00. The standard InChI is InChI=1S/C20H30N4O2S.2ClH/c1-15(22-20(26)13-17-14-27-10-7-21-17)11-19(25)23-16-5-4-6-18(12-16)24-8-2-3-9-24;;/h4-6,12,15,17,21H,2-3,7-11,13-14H2,1H3,(H,22,26)(H,23,25);2*1H. The van der Waals surface area contributed by atoms with Crippen molar-refractivity contribution in [3.8, 4) is 0 Å². The van der Waals surface area contributed by atoms with Gasteiger partial charge in [0.25, 0.3) is 0 Å². The minimum Gasteiger partial charge on any atom is -0.371 e. The van der Waals surface area contributed by atoms with Crippen molar-refractivity contribution in [2.75, 3.05) is 41.4 Å². The fraction of sp³-hybridized carbons (Fsp3) is 0.600. The molecule has 3 N–H and O–H groups in total. The molecule has 29 heavy (non-hydrogen) atoms. The second-order valence-electron chi connectivity index (χ2n) is 7.40. The third kappa shape index (κ3) is 8.62. The third-order valence-corrected chi connectivity index (χ3v) is 6.06. The van der Waals surface area contributed by atoms with Crippen LogP contribution in [0.15, 0.2) is 24.3 Å². The Balaban J connectivity index is 0.00000210. The van der Waals surface area contributed by atoms with Crippen LogP contribution in [0.3, 0.4) is 0 Å². The van der Waals surface area contributed by atoms with Crippen LogP contribution in [0.5, 0.6) is 0 Å². The van der Waals surface area contributed by atoms with E-state index in [1.165, 1.54) is 12.8 Å². The Hall–Kier alpha value is -1.15. The molecule has 3 rings (SSSR count). The Morgan fingerprint density at radius 3 is 2.69 bits per heavy atom. The van der Waals surface area contributed by atoms with Crippen LogP contribution in [-0.2, 0) is 9.59 Å². The number of halogens is 2. The summed E-state index contributed by atoms with van der Waals surface area (Å²) in [6.45, 7) is 4.99. The van der Waals surface area contributed by atoms with E-state index in [0.29, 0.717) is 6.42 Å². The van der Waals surface area contributed by atoms with Gasteiger partial charge in [0.1, 0.15) is 0 Å². The molecule has 1 aromatic rings. The number of rotatable bonds is 7. The van der Waals surface area contributed by atoms with Gasteiger partial charge in [0.2, 0.25) is 11.8 Å². The van der Waals surface area contributed by atoms with Crippen LogP contribution in [-0.4, -0.2) is 55.0 Å². The molecule has 1 aromatic carbocycles. The molecule has 2 amide bonds. The molecule has 0 bridgehead atoms. The summed E-state index contributed by atoms with van der Waals surface area (Å²) >= 11 is 1.88. The van der Waals surface area contributed by atoms with E-state index in [0.717, 1.165) is 42.5 Å². The molecular weight excluding hydrogens is 431 g/mol. The van der Waals surface area contributed by atoms with Crippen LogP contribution in [0.4, 0.5) is 11.4 Å². The second kappa shape index (κ2) is 13.2. The van der Waals surface area contributed by atoms with Crippen LogP contribution < -0.4 is 20.9 Å². The molecule has 2 fully saturated rings. The second-order valence-corrected chi connectivity index (χ2v) is 8.55. The van der Waals surface area contributed by atoms with E-state index >= 15 is 0 Å². The van der Waals surface area contributed by atoms with Crippen molar-refractivity contribution in [1.29, 1.82) is 0 Å². The molecule has 0 radical (unpaired) electrons. The maximum atomic E-state index is 12.3. The van der Waals surface area contributed by atoms with Gasteiger partial charge in [0, 0.05) is 67.4 Å². The quantitative estimate of drug-likeness (QED) is 0.580. The average molecular weight is 463 g/mol. The van der Waals surface area contributed by atoms with E-state index in [-0.39, 0.29) is 55.1 Å². The number of carbonyl (C=O) groups excluding carboxylic acids is 2. The van der Waals surface area contributed by atoms with Gasteiger partial charge in [-0.1, -0.05) is 6.07 Å². The van der Waals surface area contributed by atoms with Gasteiger partial charge in [-0.3, -0.25) is 9.59 Å². The van der Waals surface area contributed by atoms with Crippen LogP contribution in [0.25, 0.3) is 0 Å². The average Bonchev–Trinajstić information content (AvgIpc) is 3.17. The maximum absolute atomic E-state index is 12.3. The smallest absolute Gasteiger partial charge is 0.226 e. The van der Waals surface area contributed by atoms with Gasteiger partial charge in [-0.2, -0.15) is 11.8 Å². The monoisotopic (exact) mass is 462 g/mol. The molecule has 0 aliphatic carbocycles. The Bertz CT molecular complexity index is 653. The van der Waals surface area contributed by atoms with Crippen molar-refractivity contribution >= 4 is 59.8 Å². The van der Waals surface area contributed by atoms with Gasteiger partial charge in [0.15, 0.2) is 0 Å². The SMILES string of the molecule is CC(CC(=O)Nc1cccc(N2CCCC2)c1)NC(=O)CC1CSCCN1.Cl.Cl. The third-order valence-electron chi connectivity index (χ3n) is 4.93. The van der Waals surface area contributed by atoms with E-state index in [2.05, 4.69) is 26.9 Å². The Kier molecular flexibility index (Phi) is 11.8. The lowest BCUT2D eigenvalue weighted by atomic mass is 10.1. The minimum absolute atomic E-state index is 0. The van der Waals surface area contributed by atoms with Crippen LogP contribution in [0.2, 0.25) is 0 Å². The number of hydrogen-bond acceptors (Lipinski definition) is 5. The summed E-state index contributed by atoms with van der Waals surface area (Å²) in [5.41, 5.74) is 1.97. The number of amides is 2. The van der Waals surface area contributed by atoms with Crippen LogP contribution >= 0.6 is 36.6 Å². The molecule has 2 heterocycles. The summed E-state index contributed by atoms with van der Waals surface area (Å²) in [7, 11) is 0. The van der Waals surface area contributed by atoms with Gasteiger partial charge < -0.3 is 20.9 Å². The number of thioether (sulfide) groups is 1. The zero-order valence-corrected chi connectivity index (χ0v) is 19.3. The van der Waals surface area contributed by atoms with Crippen molar-refractivity contribution in [3.05, 3.63) is 24.3 Å². The molecule has 2 aliphatic heterocycles. The van der Waals surface area contributed by atoms with Gasteiger partial charge in [-0.25, -0.2) is 0 Å². The van der Waals surface area contributed by atoms with E-state index in [1.807, 2.05) is 36.9 Å². The lowest BCUT2D eigenvalue weighted by molar-refractivity contribution is -0.122. The highest BCUT2D eigenvalue weighted by Crippen LogP contribution is 2.23. The first kappa shape index (κ1) is 25.9. The number of carbonyl (C=O) groups is 2. The zero-order chi connectivity index (χ0) is 19.1. The highest BCUT2D eigenvalue weighted by molar-refractivity contribution is 7.99. The van der Waals surface area contributed by atoms with E-state index in [4.69, 9.17) is 0 Å². The number of benzene rings is 1. The van der Waals surface area contributed by atoms with Crippen molar-refractivity contribution in [2.45, 2.75) is 44.7 Å². The Labute approximate surface area is 190 Å². The minimum atomic E-state index is -0.185. The maximum Gasteiger partial charge on any atom is 0.226 e. The van der Waals surface area contributed by atoms with Crippen LogP contribution in [0.1, 0.15) is 32.6 Å². The van der Waals surface area contributed by atoms with Gasteiger partial charge in [-0.05, 0) is 38.0 Å². The fourth-order valence-electron chi connectivity index (χ4n) is 3.61. The summed E-state index contributed by atoms with van der Waals surface area (Å²) in [4.78, 5) is 26.8. The lowest BCUT2D eigenvalue weighted by Gasteiger charge is -2.23. The molecule has 9 heteroatoms. The predicted molar refractivity (Wildman–Crippen MR) is 127 cm³/mol. The van der Waals surface area contributed by atoms with Crippen molar-refractivity contribution in [2.24, 2.45) is 0 Å². The number of nitrogens with zero attached hydrogens (tertiary/aromatic N) is 1. The topological polar surface area (TPSA) is 73.5 Å².